The van der Waals surface area contributed by atoms with Crippen LogP contribution in [0, 0.1) is 11.8 Å². The van der Waals surface area contributed by atoms with Crippen LogP contribution in [0.15, 0.2) is 10.5 Å². The van der Waals surface area contributed by atoms with Gasteiger partial charge < -0.3 is 10.5 Å². The molecule has 1 heterocycles. The fraction of sp³-hybridized carbons (Fsp3) is 0.615. The Hall–Kier alpha value is -1.43. The first kappa shape index (κ1) is 14.0. The molecule has 0 spiro atoms. The number of nitrogens with zero attached hydrogens (tertiary/aromatic N) is 2. The fourth-order valence-corrected chi connectivity index (χ4v) is 3.04. The van der Waals surface area contributed by atoms with Crippen molar-refractivity contribution in [3.8, 4) is 0 Å². The molecule has 1 fully saturated rings. The van der Waals surface area contributed by atoms with Crippen LogP contribution in [0.2, 0.25) is 0 Å². The van der Waals surface area contributed by atoms with E-state index in [9.17, 15) is 4.79 Å². The summed E-state index contributed by atoms with van der Waals surface area (Å²) < 4.78 is 0. The van der Waals surface area contributed by atoms with Gasteiger partial charge in [0.25, 0.3) is 0 Å². The average molecular weight is 281 g/mol. The smallest absolute Gasteiger partial charge is 0.229 e. The molecule has 1 aliphatic carbocycles. The van der Waals surface area contributed by atoms with Crippen molar-refractivity contribution in [3.63, 3.8) is 0 Å². The quantitative estimate of drug-likeness (QED) is 0.508. The Bertz CT molecular complexity index is 476. The highest BCUT2D eigenvalue weighted by atomic mass is 32.1. The van der Waals surface area contributed by atoms with Gasteiger partial charge in [-0.25, -0.2) is 4.98 Å². The highest BCUT2D eigenvalue weighted by Gasteiger charge is 2.24. The third-order valence-electron chi connectivity index (χ3n) is 3.64. The second-order valence-electron chi connectivity index (χ2n) is 5.17. The SMILES string of the molecule is CC(=NO)c1csc(NC(=O)C2CCC(C)CC2)n1. The van der Waals surface area contributed by atoms with Gasteiger partial charge in [-0.05, 0) is 38.5 Å². The van der Waals surface area contributed by atoms with Crippen LogP contribution in [-0.2, 0) is 4.79 Å². The van der Waals surface area contributed by atoms with E-state index in [0.717, 1.165) is 31.6 Å². The number of rotatable bonds is 3. The molecule has 5 nitrogen and oxygen atoms in total. The zero-order valence-corrected chi connectivity index (χ0v) is 12.0. The number of oxime groups is 1. The van der Waals surface area contributed by atoms with E-state index in [1.165, 1.54) is 11.3 Å². The Balaban J connectivity index is 1.94. The molecular weight excluding hydrogens is 262 g/mol. The lowest BCUT2D eigenvalue weighted by atomic mass is 9.82. The van der Waals surface area contributed by atoms with Crippen molar-refractivity contribution in [3.05, 3.63) is 11.1 Å². The van der Waals surface area contributed by atoms with Crippen molar-refractivity contribution < 1.29 is 10.0 Å². The second kappa shape index (κ2) is 6.14. The van der Waals surface area contributed by atoms with Crippen molar-refractivity contribution in [1.29, 1.82) is 0 Å². The molecule has 1 aliphatic rings. The highest BCUT2D eigenvalue weighted by Crippen LogP contribution is 2.29. The van der Waals surface area contributed by atoms with Crippen molar-refractivity contribution in [1.82, 2.24) is 4.98 Å². The second-order valence-corrected chi connectivity index (χ2v) is 6.03. The maximum atomic E-state index is 12.1. The Morgan fingerprint density at radius 2 is 2.16 bits per heavy atom. The maximum absolute atomic E-state index is 12.1. The zero-order valence-electron chi connectivity index (χ0n) is 11.2. The van der Waals surface area contributed by atoms with Crippen LogP contribution in [0.4, 0.5) is 5.13 Å². The zero-order chi connectivity index (χ0) is 13.8. The van der Waals surface area contributed by atoms with Gasteiger partial charge in [-0.3, -0.25) is 4.79 Å². The number of carbonyl (C=O) groups is 1. The number of hydrogen-bond donors (Lipinski definition) is 2. The molecule has 0 aromatic carbocycles. The standard InChI is InChI=1S/C13H19N3O2S/c1-8-3-5-10(6-4-8)12(17)15-13-14-11(7-19-13)9(2)16-18/h7-8,10,18H,3-6H2,1-2H3,(H,14,15,17). The van der Waals surface area contributed by atoms with E-state index in [1.54, 1.807) is 12.3 Å². The number of nitrogens with one attached hydrogen (secondary N) is 1. The summed E-state index contributed by atoms with van der Waals surface area (Å²) >= 11 is 1.35. The van der Waals surface area contributed by atoms with E-state index >= 15 is 0 Å². The van der Waals surface area contributed by atoms with Crippen LogP contribution in [0.5, 0.6) is 0 Å². The number of carbonyl (C=O) groups excluding carboxylic acids is 1. The molecule has 1 aromatic rings. The van der Waals surface area contributed by atoms with Gasteiger partial charge in [0.05, 0.1) is 0 Å². The topological polar surface area (TPSA) is 74.6 Å². The van der Waals surface area contributed by atoms with Crippen LogP contribution in [0.25, 0.3) is 0 Å². The first-order valence-corrected chi connectivity index (χ1v) is 7.43. The number of thiazole rings is 1. The summed E-state index contributed by atoms with van der Waals surface area (Å²) in [6.45, 7) is 3.90. The summed E-state index contributed by atoms with van der Waals surface area (Å²) in [6, 6.07) is 0. The molecule has 2 rings (SSSR count). The van der Waals surface area contributed by atoms with Gasteiger partial charge in [-0.2, -0.15) is 0 Å². The lowest BCUT2D eigenvalue weighted by Crippen LogP contribution is -2.26. The minimum Gasteiger partial charge on any atom is -0.411 e. The summed E-state index contributed by atoms with van der Waals surface area (Å²) in [5, 5.41) is 17.0. The minimum absolute atomic E-state index is 0.0615. The Morgan fingerprint density at radius 1 is 1.47 bits per heavy atom. The maximum Gasteiger partial charge on any atom is 0.229 e. The number of anilines is 1. The van der Waals surface area contributed by atoms with E-state index in [0.29, 0.717) is 16.5 Å². The van der Waals surface area contributed by atoms with E-state index in [-0.39, 0.29) is 11.8 Å². The molecule has 0 atom stereocenters. The number of aromatic nitrogens is 1. The predicted octanol–water partition coefficient (Wildman–Crippen LogP) is 3.11. The molecule has 19 heavy (non-hydrogen) atoms. The average Bonchev–Trinajstić information content (AvgIpc) is 2.87. The van der Waals surface area contributed by atoms with Crippen molar-refractivity contribution in [2.24, 2.45) is 17.0 Å². The minimum atomic E-state index is 0.0615. The normalized spacial score (nSPS) is 24.2. The van der Waals surface area contributed by atoms with Gasteiger partial charge in [-0.1, -0.05) is 12.1 Å². The largest absolute Gasteiger partial charge is 0.411 e. The van der Waals surface area contributed by atoms with Gasteiger partial charge in [0.15, 0.2) is 5.13 Å². The van der Waals surface area contributed by atoms with Gasteiger partial charge in [0.2, 0.25) is 5.91 Å². The van der Waals surface area contributed by atoms with Gasteiger partial charge >= 0.3 is 0 Å². The van der Waals surface area contributed by atoms with Crippen molar-refractivity contribution in [2.75, 3.05) is 5.32 Å². The summed E-state index contributed by atoms with van der Waals surface area (Å²) in [5.41, 5.74) is 1.04. The number of hydrogen-bond acceptors (Lipinski definition) is 5. The predicted molar refractivity (Wildman–Crippen MR) is 75.9 cm³/mol. The van der Waals surface area contributed by atoms with Crippen molar-refractivity contribution in [2.45, 2.75) is 39.5 Å². The van der Waals surface area contributed by atoms with Crippen LogP contribution in [-0.4, -0.2) is 21.8 Å². The lowest BCUT2D eigenvalue weighted by Gasteiger charge is -2.24. The van der Waals surface area contributed by atoms with Crippen LogP contribution >= 0.6 is 11.3 Å². The summed E-state index contributed by atoms with van der Waals surface area (Å²) in [7, 11) is 0. The van der Waals surface area contributed by atoms with E-state index in [2.05, 4.69) is 22.4 Å². The number of amides is 1. The molecule has 1 saturated carbocycles. The lowest BCUT2D eigenvalue weighted by molar-refractivity contribution is -0.121. The molecule has 0 saturated heterocycles. The van der Waals surface area contributed by atoms with Gasteiger partial charge in [-0.15, -0.1) is 11.3 Å². The summed E-state index contributed by atoms with van der Waals surface area (Å²) in [5.74, 6) is 0.904. The molecule has 2 N–H and O–H groups in total. The fourth-order valence-electron chi connectivity index (χ4n) is 2.28. The monoisotopic (exact) mass is 281 g/mol. The highest BCUT2D eigenvalue weighted by molar-refractivity contribution is 7.14. The van der Waals surface area contributed by atoms with Gasteiger partial charge in [0.1, 0.15) is 11.4 Å². The third-order valence-corrected chi connectivity index (χ3v) is 4.40. The molecule has 104 valence electrons. The first-order chi connectivity index (χ1) is 9.10. The Kier molecular flexibility index (Phi) is 4.52. The van der Waals surface area contributed by atoms with Crippen LogP contribution in [0.3, 0.4) is 0 Å². The van der Waals surface area contributed by atoms with E-state index < -0.39 is 0 Å². The Morgan fingerprint density at radius 3 is 2.79 bits per heavy atom. The summed E-state index contributed by atoms with van der Waals surface area (Å²) in [4.78, 5) is 16.3. The van der Waals surface area contributed by atoms with Crippen LogP contribution in [0.1, 0.15) is 45.2 Å². The summed E-state index contributed by atoms with van der Waals surface area (Å²) in [6.07, 6.45) is 4.17. The Labute approximate surface area is 116 Å². The molecule has 0 unspecified atom stereocenters. The molecule has 6 heteroatoms. The van der Waals surface area contributed by atoms with E-state index in [1.807, 2.05) is 0 Å². The molecule has 1 aromatic heterocycles. The molecule has 1 amide bonds. The van der Waals surface area contributed by atoms with Crippen LogP contribution < -0.4 is 5.32 Å². The first-order valence-electron chi connectivity index (χ1n) is 6.55. The van der Waals surface area contributed by atoms with Gasteiger partial charge in [0, 0.05) is 11.3 Å². The third kappa shape index (κ3) is 3.53. The van der Waals surface area contributed by atoms with E-state index in [4.69, 9.17) is 5.21 Å². The molecular formula is C13H19N3O2S. The molecule has 0 radical (unpaired) electrons. The van der Waals surface area contributed by atoms with Crippen molar-refractivity contribution >= 4 is 28.1 Å². The molecule has 0 aliphatic heterocycles. The molecule has 0 bridgehead atoms.